The summed E-state index contributed by atoms with van der Waals surface area (Å²) in [5.41, 5.74) is 1.25. The van der Waals surface area contributed by atoms with Crippen LogP contribution in [0.2, 0.25) is 0 Å². The molecule has 1 aromatic carbocycles. The third-order valence-corrected chi connectivity index (χ3v) is 5.21. The number of halogens is 2. The lowest BCUT2D eigenvalue weighted by molar-refractivity contribution is 0.0888. The Morgan fingerprint density at radius 1 is 1.36 bits per heavy atom. The zero-order chi connectivity index (χ0) is 19.5. The molecule has 1 aromatic rings. The van der Waals surface area contributed by atoms with Crippen LogP contribution in [0.1, 0.15) is 39.2 Å². The molecule has 0 bridgehead atoms. The Bertz CT molecular complexity index is 593. The van der Waals surface area contributed by atoms with E-state index in [9.17, 15) is 0 Å². The van der Waals surface area contributed by atoms with Crippen molar-refractivity contribution in [1.29, 1.82) is 0 Å². The molecule has 5 nitrogen and oxygen atoms in total. The van der Waals surface area contributed by atoms with Crippen LogP contribution in [0.15, 0.2) is 33.7 Å². The highest BCUT2D eigenvalue weighted by Gasteiger charge is 2.20. The molecule has 0 aromatic heterocycles. The minimum atomic E-state index is -0.0292. The highest BCUT2D eigenvalue weighted by Crippen LogP contribution is 2.26. The molecule has 1 atom stereocenters. The van der Waals surface area contributed by atoms with E-state index in [-0.39, 0.29) is 29.4 Å². The van der Waals surface area contributed by atoms with Crippen molar-refractivity contribution in [2.24, 2.45) is 10.9 Å². The van der Waals surface area contributed by atoms with Gasteiger partial charge in [0.25, 0.3) is 0 Å². The smallest absolute Gasteiger partial charge is 0.191 e. The molecule has 7 heteroatoms. The van der Waals surface area contributed by atoms with Crippen molar-refractivity contribution in [2.75, 3.05) is 46.1 Å². The molecule has 0 saturated carbocycles. The van der Waals surface area contributed by atoms with Crippen LogP contribution in [0, 0.1) is 5.92 Å². The Balaban J connectivity index is 0.00000392. The molecule has 1 aliphatic heterocycles. The number of rotatable bonds is 10. The van der Waals surface area contributed by atoms with Crippen LogP contribution in [-0.2, 0) is 14.9 Å². The fraction of sp³-hybridized carbons (Fsp3) is 0.667. The van der Waals surface area contributed by atoms with Gasteiger partial charge in [-0.15, -0.1) is 24.0 Å². The quantitative estimate of drug-likeness (QED) is 0.191. The Labute approximate surface area is 195 Å². The van der Waals surface area contributed by atoms with Gasteiger partial charge in [-0.2, -0.15) is 0 Å². The summed E-state index contributed by atoms with van der Waals surface area (Å²) in [5.74, 6) is 1.45. The highest BCUT2D eigenvalue weighted by atomic mass is 127. The number of nitrogens with zero attached hydrogens (tertiary/aromatic N) is 1. The number of guanidine groups is 1. The van der Waals surface area contributed by atoms with Crippen molar-refractivity contribution in [3.63, 3.8) is 0 Å². The van der Waals surface area contributed by atoms with Crippen LogP contribution in [-0.4, -0.2) is 52.0 Å². The maximum atomic E-state index is 5.76. The molecule has 0 spiro atoms. The summed E-state index contributed by atoms with van der Waals surface area (Å²) in [6, 6.07) is 8.46. The Hall–Kier alpha value is -0.380. The minimum Gasteiger partial charge on any atom is -0.381 e. The van der Waals surface area contributed by atoms with Crippen molar-refractivity contribution in [3.05, 3.63) is 34.3 Å². The molecular weight excluding hydrogens is 533 g/mol. The van der Waals surface area contributed by atoms with E-state index < -0.39 is 0 Å². The van der Waals surface area contributed by atoms with Crippen molar-refractivity contribution >= 4 is 45.9 Å². The predicted octanol–water partition coefficient (Wildman–Crippen LogP) is 4.34. The minimum absolute atomic E-state index is 0. The van der Waals surface area contributed by atoms with E-state index in [1.54, 1.807) is 0 Å². The third kappa shape index (κ3) is 9.41. The van der Waals surface area contributed by atoms with Gasteiger partial charge >= 0.3 is 0 Å². The number of hydrogen-bond acceptors (Lipinski definition) is 3. The molecule has 0 amide bonds. The lowest BCUT2D eigenvalue weighted by Crippen LogP contribution is -2.39. The highest BCUT2D eigenvalue weighted by molar-refractivity contribution is 14.0. The van der Waals surface area contributed by atoms with E-state index in [1.165, 1.54) is 5.56 Å². The summed E-state index contributed by atoms with van der Waals surface area (Å²) in [6.45, 7) is 12.3. The molecule has 160 valence electrons. The predicted molar refractivity (Wildman–Crippen MR) is 131 cm³/mol. The van der Waals surface area contributed by atoms with Gasteiger partial charge in [-0.25, -0.2) is 0 Å². The van der Waals surface area contributed by atoms with E-state index in [2.05, 4.69) is 71.6 Å². The van der Waals surface area contributed by atoms with Crippen LogP contribution in [0.5, 0.6) is 0 Å². The number of ether oxygens (including phenoxy) is 2. The largest absolute Gasteiger partial charge is 0.381 e. The summed E-state index contributed by atoms with van der Waals surface area (Å²) in [6.07, 6.45) is 2.09. The van der Waals surface area contributed by atoms with Crippen LogP contribution in [0.3, 0.4) is 0 Å². The van der Waals surface area contributed by atoms with Gasteiger partial charge < -0.3 is 20.1 Å². The maximum absolute atomic E-state index is 5.76. The molecule has 0 radical (unpaired) electrons. The van der Waals surface area contributed by atoms with E-state index in [0.29, 0.717) is 5.92 Å². The Morgan fingerprint density at radius 2 is 2.18 bits per heavy atom. The summed E-state index contributed by atoms with van der Waals surface area (Å²) in [5, 5.41) is 6.74. The summed E-state index contributed by atoms with van der Waals surface area (Å²) < 4.78 is 12.2. The van der Waals surface area contributed by atoms with Gasteiger partial charge in [0.05, 0.1) is 19.8 Å². The Kier molecular flexibility index (Phi) is 12.6. The van der Waals surface area contributed by atoms with Crippen molar-refractivity contribution in [2.45, 2.75) is 39.0 Å². The topological polar surface area (TPSA) is 54.9 Å². The first-order valence-electron chi connectivity index (χ1n) is 9.95. The Morgan fingerprint density at radius 3 is 2.86 bits per heavy atom. The lowest BCUT2D eigenvalue weighted by Gasteiger charge is -2.24. The van der Waals surface area contributed by atoms with Gasteiger partial charge in [0.15, 0.2) is 5.96 Å². The lowest BCUT2D eigenvalue weighted by atomic mass is 9.85. The van der Waals surface area contributed by atoms with Gasteiger partial charge in [-0.1, -0.05) is 41.9 Å². The van der Waals surface area contributed by atoms with E-state index in [1.807, 2.05) is 0 Å². The second kappa shape index (κ2) is 13.8. The normalized spacial score (nSPS) is 17.3. The standard InChI is InChI=1S/C21H34BrN3O2.HI/c1-4-23-20(24-10-6-11-26-14-17-9-12-27-15-17)25-16-21(2,3)18-7-5-8-19(22)13-18;/h5,7-8,13,17H,4,6,9-12,14-16H2,1-3H3,(H2,23,24,25);1H. The van der Waals surface area contributed by atoms with Gasteiger partial charge in [0.2, 0.25) is 0 Å². The fourth-order valence-corrected chi connectivity index (χ4v) is 3.36. The van der Waals surface area contributed by atoms with Crippen molar-refractivity contribution in [1.82, 2.24) is 10.6 Å². The van der Waals surface area contributed by atoms with Crippen LogP contribution in [0.25, 0.3) is 0 Å². The summed E-state index contributed by atoms with van der Waals surface area (Å²) in [4.78, 5) is 4.79. The average molecular weight is 568 g/mol. The zero-order valence-corrected chi connectivity index (χ0v) is 21.2. The summed E-state index contributed by atoms with van der Waals surface area (Å²) >= 11 is 3.56. The molecule has 1 heterocycles. The van der Waals surface area contributed by atoms with Crippen molar-refractivity contribution in [3.8, 4) is 0 Å². The second-order valence-corrected chi connectivity index (χ2v) is 8.59. The van der Waals surface area contributed by atoms with Crippen LogP contribution < -0.4 is 10.6 Å². The fourth-order valence-electron chi connectivity index (χ4n) is 2.96. The third-order valence-electron chi connectivity index (χ3n) is 4.72. The SMILES string of the molecule is CCNC(=NCC(C)(C)c1cccc(Br)c1)NCCCOCC1CCOC1.I. The first kappa shape index (κ1) is 25.7. The van der Waals surface area contributed by atoms with Crippen molar-refractivity contribution < 1.29 is 9.47 Å². The second-order valence-electron chi connectivity index (χ2n) is 7.67. The molecule has 2 N–H and O–H groups in total. The maximum Gasteiger partial charge on any atom is 0.191 e. The molecule has 2 rings (SSSR count). The number of aliphatic imine (C=N–C) groups is 1. The molecule has 1 saturated heterocycles. The number of hydrogen-bond donors (Lipinski definition) is 2. The van der Waals surface area contributed by atoms with Gasteiger partial charge in [-0.05, 0) is 37.5 Å². The van der Waals surface area contributed by atoms with Gasteiger partial charge in [0.1, 0.15) is 0 Å². The number of nitrogens with one attached hydrogen (secondary N) is 2. The van der Waals surface area contributed by atoms with Crippen LogP contribution >= 0.6 is 39.9 Å². The van der Waals surface area contributed by atoms with Gasteiger partial charge in [0, 0.05) is 42.1 Å². The van der Waals surface area contributed by atoms with E-state index in [4.69, 9.17) is 14.5 Å². The zero-order valence-electron chi connectivity index (χ0n) is 17.3. The molecule has 1 fully saturated rings. The van der Waals surface area contributed by atoms with Crippen LogP contribution in [0.4, 0.5) is 0 Å². The molecule has 28 heavy (non-hydrogen) atoms. The van der Waals surface area contributed by atoms with E-state index in [0.717, 1.165) is 69.3 Å². The summed E-state index contributed by atoms with van der Waals surface area (Å²) in [7, 11) is 0. The van der Waals surface area contributed by atoms with Gasteiger partial charge in [-0.3, -0.25) is 4.99 Å². The number of benzene rings is 1. The first-order valence-corrected chi connectivity index (χ1v) is 10.7. The molecular formula is C21H35BrIN3O2. The molecule has 0 aliphatic carbocycles. The van der Waals surface area contributed by atoms with E-state index >= 15 is 0 Å². The molecule has 1 aliphatic rings. The molecule has 1 unspecified atom stereocenters. The average Bonchev–Trinajstić information content (AvgIpc) is 3.16. The first-order chi connectivity index (χ1) is 13.0. The monoisotopic (exact) mass is 567 g/mol.